The Kier molecular flexibility index (Phi) is 24.3. The Morgan fingerprint density at radius 3 is 1.70 bits per heavy atom. The van der Waals surface area contributed by atoms with Crippen LogP contribution in [0.3, 0.4) is 0 Å². The molecule has 0 N–H and O–H groups in total. The fourth-order valence-electron chi connectivity index (χ4n) is 3.10. The molecule has 0 amide bonds. The van der Waals surface area contributed by atoms with Crippen molar-refractivity contribution in [3.05, 3.63) is 12.2 Å². The molecule has 0 aliphatic heterocycles. The highest BCUT2D eigenvalue weighted by atomic mass is 79.9. The van der Waals surface area contributed by atoms with Crippen molar-refractivity contribution in [2.24, 2.45) is 0 Å². The van der Waals surface area contributed by atoms with Gasteiger partial charge in [-0.1, -0.05) is 99.7 Å². The van der Waals surface area contributed by atoms with E-state index in [1.807, 2.05) is 0 Å². The predicted octanol–water partition coefficient (Wildman–Crippen LogP) is 8.58. The largest absolute Gasteiger partial charge is 0.353 e. The second kappa shape index (κ2) is 24.2. The Labute approximate surface area is 179 Å². The molecule has 0 saturated carbocycles. The van der Waals surface area contributed by atoms with Gasteiger partial charge in [-0.25, -0.2) is 0 Å². The quantitative estimate of drug-likeness (QED) is 0.0716. The Morgan fingerprint density at radius 2 is 1.15 bits per heavy atom. The lowest BCUT2D eigenvalue weighted by atomic mass is 10.1. The molecule has 27 heavy (non-hydrogen) atoms. The minimum absolute atomic E-state index is 0.0324. The van der Waals surface area contributed by atoms with Crippen LogP contribution < -0.4 is 0 Å². The summed E-state index contributed by atoms with van der Waals surface area (Å²) in [6.07, 6.45) is 24.9. The zero-order valence-corrected chi connectivity index (χ0v) is 19.9. The minimum Gasteiger partial charge on any atom is -0.353 e. The topological polar surface area (TPSA) is 18.5 Å². The van der Waals surface area contributed by atoms with E-state index in [0.29, 0.717) is 0 Å². The van der Waals surface area contributed by atoms with Crippen molar-refractivity contribution in [3.8, 4) is 0 Å². The summed E-state index contributed by atoms with van der Waals surface area (Å²) < 4.78 is 12.0. The van der Waals surface area contributed by atoms with Gasteiger partial charge >= 0.3 is 0 Å². The normalized spacial score (nSPS) is 11.9. The van der Waals surface area contributed by atoms with Crippen molar-refractivity contribution in [2.75, 3.05) is 18.5 Å². The first-order chi connectivity index (χ1) is 13.3. The highest BCUT2D eigenvalue weighted by molar-refractivity contribution is 9.09. The van der Waals surface area contributed by atoms with Gasteiger partial charge in [-0.15, -0.1) is 0 Å². The maximum atomic E-state index is 5.99. The van der Waals surface area contributed by atoms with E-state index < -0.39 is 0 Å². The number of alkyl halides is 1. The van der Waals surface area contributed by atoms with Gasteiger partial charge < -0.3 is 9.47 Å². The molecule has 0 saturated heterocycles. The fraction of sp³-hybridized carbons (Fsp3) is 0.917. The van der Waals surface area contributed by atoms with E-state index in [9.17, 15) is 0 Å². The summed E-state index contributed by atoms with van der Waals surface area (Å²) in [5.74, 6) is 0. The predicted molar refractivity (Wildman–Crippen MR) is 124 cm³/mol. The first-order valence-electron chi connectivity index (χ1n) is 11.8. The van der Waals surface area contributed by atoms with E-state index in [-0.39, 0.29) is 6.29 Å². The van der Waals surface area contributed by atoms with Crippen molar-refractivity contribution in [1.82, 2.24) is 0 Å². The molecule has 2 nitrogen and oxygen atoms in total. The van der Waals surface area contributed by atoms with E-state index in [4.69, 9.17) is 9.47 Å². The maximum absolute atomic E-state index is 5.99. The summed E-state index contributed by atoms with van der Waals surface area (Å²) in [4.78, 5) is 0. The smallest absolute Gasteiger partial charge is 0.157 e. The average molecular weight is 448 g/mol. The van der Waals surface area contributed by atoms with Gasteiger partial charge in [0.25, 0.3) is 0 Å². The molecule has 162 valence electrons. The lowest BCUT2D eigenvalue weighted by Crippen LogP contribution is -2.19. The molecule has 0 aliphatic carbocycles. The van der Waals surface area contributed by atoms with Crippen LogP contribution in [-0.2, 0) is 9.47 Å². The van der Waals surface area contributed by atoms with Gasteiger partial charge in [-0.2, -0.15) is 0 Å². The molecule has 0 bridgehead atoms. The van der Waals surface area contributed by atoms with Crippen LogP contribution in [0.15, 0.2) is 12.2 Å². The second-order valence-electron chi connectivity index (χ2n) is 7.59. The zero-order chi connectivity index (χ0) is 19.8. The first kappa shape index (κ1) is 27.1. The van der Waals surface area contributed by atoms with E-state index >= 15 is 0 Å². The molecule has 0 unspecified atom stereocenters. The molecule has 0 fully saturated rings. The van der Waals surface area contributed by atoms with Crippen molar-refractivity contribution in [2.45, 2.75) is 123 Å². The highest BCUT2D eigenvalue weighted by Crippen LogP contribution is 2.14. The van der Waals surface area contributed by atoms with Crippen LogP contribution in [0, 0.1) is 0 Å². The second-order valence-corrected chi connectivity index (χ2v) is 8.38. The zero-order valence-electron chi connectivity index (χ0n) is 18.4. The third-order valence-electron chi connectivity index (χ3n) is 4.86. The Hall–Kier alpha value is 0.140. The number of hydrogen-bond acceptors (Lipinski definition) is 2. The summed E-state index contributed by atoms with van der Waals surface area (Å²) in [5.41, 5.74) is 0. The molecule has 0 rings (SSSR count). The van der Waals surface area contributed by atoms with Gasteiger partial charge in [0.15, 0.2) is 6.29 Å². The number of unbranched alkanes of at least 4 members (excludes halogenated alkanes) is 11. The molecule has 3 heteroatoms. The van der Waals surface area contributed by atoms with Gasteiger partial charge in [0, 0.05) is 18.5 Å². The molecule has 0 aromatic heterocycles. The van der Waals surface area contributed by atoms with Crippen LogP contribution in [0.25, 0.3) is 0 Å². The maximum Gasteiger partial charge on any atom is 0.157 e. The number of allylic oxidation sites excluding steroid dienone is 2. The third-order valence-corrected chi connectivity index (χ3v) is 5.31. The molecule has 0 aliphatic rings. The highest BCUT2D eigenvalue weighted by Gasteiger charge is 2.09. The summed E-state index contributed by atoms with van der Waals surface area (Å²) in [7, 11) is 0. The first-order valence-corrected chi connectivity index (χ1v) is 12.9. The number of halogens is 1. The summed E-state index contributed by atoms with van der Waals surface area (Å²) in [6, 6.07) is 0. The van der Waals surface area contributed by atoms with E-state index in [0.717, 1.165) is 44.2 Å². The molecule has 0 aromatic rings. The average Bonchev–Trinajstić information content (AvgIpc) is 2.68. The minimum atomic E-state index is 0.0324. The van der Waals surface area contributed by atoms with Gasteiger partial charge in [0.05, 0.1) is 0 Å². The standard InChI is InChI=1S/C24H47BrO2/c1-3-5-18-22-26-24(27-23-19-6-4-2)20-16-14-12-10-8-7-9-11-13-15-17-21-25/h13,15,24H,3-12,14,16-23H2,1-2H3/b15-13-. The van der Waals surface area contributed by atoms with Crippen LogP contribution in [0.4, 0.5) is 0 Å². The third kappa shape index (κ3) is 22.3. The Morgan fingerprint density at radius 1 is 0.630 bits per heavy atom. The fourth-order valence-corrected chi connectivity index (χ4v) is 3.37. The van der Waals surface area contributed by atoms with Crippen molar-refractivity contribution in [3.63, 3.8) is 0 Å². The van der Waals surface area contributed by atoms with Crippen LogP contribution in [0.5, 0.6) is 0 Å². The van der Waals surface area contributed by atoms with Gasteiger partial charge in [0.2, 0.25) is 0 Å². The Balaban J connectivity index is 3.60. The number of rotatable bonds is 22. The van der Waals surface area contributed by atoms with Crippen LogP contribution >= 0.6 is 15.9 Å². The molecular weight excluding hydrogens is 400 g/mol. The number of ether oxygens (including phenoxy) is 2. The SMILES string of the molecule is CCCCCOC(CCCCCCCCC/C=C\CCBr)OCCCCC. The molecule has 0 radical (unpaired) electrons. The van der Waals surface area contributed by atoms with Crippen LogP contribution in [-0.4, -0.2) is 24.8 Å². The summed E-state index contributed by atoms with van der Waals surface area (Å²) in [5, 5.41) is 1.08. The number of hydrogen-bond donors (Lipinski definition) is 0. The summed E-state index contributed by atoms with van der Waals surface area (Å²) >= 11 is 3.45. The van der Waals surface area contributed by atoms with Crippen molar-refractivity contribution >= 4 is 15.9 Å². The van der Waals surface area contributed by atoms with Crippen LogP contribution in [0.2, 0.25) is 0 Å². The Bertz CT molecular complexity index is 282. The van der Waals surface area contributed by atoms with Gasteiger partial charge in [0.1, 0.15) is 0 Å². The summed E-state index contributed by atoms with van der Waals surface area (Å²) in [6.45, 7) is 6.19. The molecule has 0 spiro atoms. The molecule has 0 aromatic carbocycles. The van der Waals surface area contributed by atoms with Crippen molar-refractivity contribution < 1.29 is 9.47 Å². The van der Waals surface area contributed by atoms with Crippen LogP contribution in [0.1, 0.15) is 117 Å². The molecular formula is C24H47BrO2. The van der Waals surface area contributed by atoms with Crippen molar-refractivity contribution in [1.29, 1.82) is 0 Å². The lowest BCUT2D eigenvalue weighted by molar-refractivity contribution is -0.148. The van der Waals surface area contributed by atoms with Gasteiger partial charge in [-0.3, -0.25) is 0 Å². The van der Waals surface area contributed by atoms with E-state index in [1.165, 1.54) is 77.0 Å². The molecule has 0 atom stereocenters. The van der Waals surface area contributed by atoms with Gasteiger partial charge in [-0.05, 0) is 44.9 Å². The molecule has 0 heterocycles. The van der Waals surface area contributed by atoms with E-state index in [1.54, 1.807) is 0 Å². The monoisotopic (exact) mass is 446 g/mol. The lowest BCUT2D eigenvalue weighted by Gasteiger charge is -2.18. The van der Waals surface area contributed by atoms with E-state index in [2.05, 4.69) is 41.9 Å².